The van der Waals surface area contributed by atoms with Gasteiger partial charge in [0, 0.05) is 19.4 Å². The number of nitrogens with zero attached hydrogens (tertiary/aromatic N) is 3. The molecule has 0 aliphatic heterocycles. The molecule has 0 aromatic carbocycles. The Bertz CT molecular complexity index is 582. The minimum atomic E-state index is -0.964. The van der Waals surface area contributed by atoms with E-state index < -0.39 is 12.0 Å². The smallest absolute Gasteiger partial charge is 0.320 e. The van der Waals surface area contributed by atoms with Crippen molar-refractivity contribution in [1.29, 1.82) is 0 Å². The molecular formula is C23H44N6O3. The first kappa shape index (κ1) is 28.0. The number of carboxylic acid groups (broad SMARTS) is 1. The van der Waals surface area contributed by atoms with Gasteiger partial charge in [-0.25, -0.2) is 0 Å². The van der Waals surface area contributed by atoms with Crippen molar-refractivity contribution in [3.63, 3.8) is 0 Å². The summed E-state index contributed by atoms with van der Waals surface area (Å²) in [6.45, 7) is 0.603. The van der Waals surface area contributed by atoms with E-state index in [1.54, 1.807) is 0 Å². The van der Waals surface area contributed by atoms with Crippen LogP contribution < -0.4 is 11.1 Å². The van der Waals surface area contributed by atoms with Crippen LogP contribution in [0.5, 0.6) is 0 Å². The highest BCUT2D eigenvalue weighted by Gasteiger charge is 2.10. The van der Waals surface area contributed by atoms with E-state index in [0.29, 0.717) is 19.4 Å². The first-order valence-electron chi connectivity index (χ1n) is 12.6. The van der Waals surface area contributed by atoms with Crippen molar-refractivity contribution < 1.29 is 14.7 Å². The zero-order valence-electron chi connectivity index (χ0n) is 19.7. The summed E-state index contributed by atoms with van der Waals surface area (Å²) < 4.78 is 0. The fourth-order valence-corrected chi connectivity index (χ4v) is 3.73. The lowest BCUT2D eigenvalue weighted by molar-refractivity contribution is -0.138. The lowest BCUT2D eigenvalue weighted by Gasteiger charge is -2.07. The lowest BCUT2D eigenvalue weighted by atomic mass is 10.0. The van der Waals surface area contributed by atoms with Crippen molar-refractivity contribution in [2.75, 3.05) is 6.54 Å². The van der Waals surface area contributed by atoms with E-state index in [4.69, 9.17) is 10.8 Å². The molecule has 0 aliphatic carbocycles. The average molecular weight is 453 g/mol. The van der Waals surface area contributed by atoms with E-state index in [1.165, 1.54) is 64.2 Å². The minimum Gasteiger partial charge on any atom is -0.480 e. The number of nitrogens with two attached hydrogens (primary N) is 1. The number of carboxylic acids is 1. The van der Waals surface area contributed by atoms with Gasteiger partial charge in [0.1, 0.15) is 6.04 Å². The van der Waals surface area contributed by atoms with Gasteiger partial charge in [-0.15, -0.1) is 10.2 Å². The van der Waals surface area contributed by atoms with Crippen LogP contribution in [0.4, 0.5) is 0 Å². The Hall–Kier alpha value is -2.03. The molecule has 184 valence electrons. The highest BCUT2D eigenvalue weighted by atomic mass is 16.4. The second-order valence-corrected chi connectivity index (χ2v) is 8.71. The van der Waals surface area contributed by atoms with E-state index >= 15 is 0 Å². The third kappa shape index (κ3) is 16.6. The van der Waals surface area contributed by atoms with Gasteiger partial charge in [0.25, 0.3) is 0 Å². The van der Waals surface area contributed by atoms with Gasteiger partial charge in [-0.1, -0.05) is 75.8 Å². The minimum absolute atomic E-state index is 0.0994. The molecule has 0 fully saturated rings. The highest BCUT2D eigenvalue weighted by Crippen LogP contribution is 2.13. The Labute approximate surface area is 192 Å². The number of rotatable bonds is 22. The molecule has 0 unspecified atom stereocenters. The molecule has 9 nitrogen and oxygen atoms in total. The number of H-pyrrole nitrogens is 1. The number of tetrazole rings is 1. The van der Waals surface area contributed by atoms with Crippen LogP contribution in [0.2, 0.25) is 0 Å². The average Bonchev–Trinajstić information content (AvgIpc) is 3.29. The second-order valence-electron chi connectivity index (χ2n) is 8.71. The molecular weight excluding hydrogens is 408 g/mol. The standard InChI is InChI=1S/C23H44N6O3/c24-20(23(31)32)16-14-15-19-25-22(30)18-13-11-9-7-5-3-1-2-4-6-8-10-12-17-21-26-28-29-27-21/h20H,1-19,24H2,(H,25,30)(H,31,32)(H,26,27,28,29)/t20-/m0/s1. The predicted molar refractivity (Wildman–Crippen MR) is 125 cm³/mol. The monoisotopic (exact) mass is 452 g/mol. The van der Waals surface area contributed by atoms with Gasteiger partial charge in [-0.2, -0.15) is 5.21 Å². The number of aromatic nitrogens is 4. The Morgan fingerprint density at radius 1 is 0.844 bits per heavy atom. The summed E-state index contributed by atoms with van der Waals surface area (Å²) in [6, 6.07) is -0.796. The number of carbonyl (C=O) groups is 2. The van der Waals surface area contributed by atoms with Crippen LogP contribution in [-0.4, -0.2) is 50.2 Å². The molecule has 0 spiro atoms. The maximum absolute atomic E-state index is 11.8. The van der Waals surface area contributed by atoms with Crippen molar-refractivity contribution in [2.45, 2.75) is 122 Å². The van der Waals surface area contributed by atoms with Gasteiger partial charge in [-0.05, 0) is 32.1 Å². The van der Waals surface area contributed by atoms with E-state index in [-0.39, 0.29) is 5.91 Å². The predicted octanol–water partition coefficient (Wildman–Crippen LogP) is 3.90. The van der Waals surface area contributed by atoms with Crippen LogP contribution in [0.1, 0.15) is 115 Å². The van der Waals surface area contributed by atoms with E-state index in [0.717, 1.165) is 44.3 Å². The zero-order chi connectivity index (χ0) is 23.3. The zero-order valence-corrected chi connectivity index (χ0v) is 19.7. The Morgan fingerprint density at radius 3 is 1.94 bits per heavy atom. The molecule has 1 heterocycles. The summed E-state index contributed by atoms with van der Waals surface area (Å²) in [4.78, 5) is 22.4. The molecule has 9 heteroatoms. The van der Waals surface area contributed by atoms with E-state index in [9.17, 15) is 9.59 Å². The number of aliphatic carboxylic acids is 1. The molecule has 0 bridgehead atoms. The first-order valence-corrected chi connectivity index (χ1v) is 12.6. The molecule has 1 aromatic rings. The van der Waals surface area contributed by atoms with Gasteiger partial charge < -0.3 is 16.2 Å². The molecule has 1 atom stereocenters. The van der Waals surface area contributed by atoms with Gasteiger partial charge in [0.2, 0.25) is 5.91 Å². The number of hydrogen-bond acceptors (Lipinski definition) is 6. The van der Waals surface area contributed by atoms with Crippen LogP contribution in [0, 0.1) is 0 Å². The number of aryl methyl sites for hydroxylation is 1. The highest BCUT2D eigenvalue weighted by molar-refractivity contribution is 5.75. The molecule has 0 saturated heterocycles. The summed E-state index contributed by atoms with van der Waals surface area (Å²) in [5, 5.41) is 25.6. The topological polar surface area (TPSA) is 147 Å². The number of hydrogen-bond donors (Lipinski definition) is 4. The number of carbonyl (C=O) groups excluding carboxylic acids is 1. The molecule has 5 N–H and O–H groups in total. The number of amides is 1. The largest absolute Gasteiger partial charge is 0.480 e. The van der Waals surface area contributed by atoms with Gasteiger partial charge in [0.15, 0.2) is 5.82 Å². The van der Waals surface area contributed by atoms with Crippen molar-refractivity contribution in [2.24, 2.45) is 5.73 Å². The molecule has 1 aromatic heterocycles. The van der Waals surface area contributed by atoms with Crippen LogP contribution >= 0.6 is 0 Å². The second kappa shape index (κ2) is 19.6. The Morgan fingerprint density at radius 2 is 1.41 bits per heavy atom. The van der Waals surface area contributed by atoms with Crippen molar-refractivity contribution in [3.05, 3.63) is 5.82 Å². The van der Waals surface area contributed by atoms with Crippen molar-refractivity contribution >= 4 is 11.9 Å². The molecule has 1 amide bonds. The van der Waals surface area contributed by atoms with Crippen LogP contribution in [0.15, 0.2) is 0 Å². The molecule has 0 radical (unpaired) electrons. The maximum atomic E-state index is 11.8. The molecule has 32 heavy (non-hydrogen) atoms. The summed E-state index contributed by atoms with van der Waals surface area (Å²) in [6.07, 6.45) is 19.6. The quantitative estimate of drug-likeness (QED) is 0.195. The van der Waals surface area contributed by atoms with Gasteiger partial charge >= 0.3 is 5.97 Å². The van der Waals surface area contributed by atoms with Crippen molar-refractivity contribution in [1.82, 2.24) is 25.9 Å². The van der Waals surface area contributed by atoms with E-state index in [2.05, 4.69) is 25.9 Å². The third-order valence-electron chi connectivity index (χ3n) is 5.77. The summed E-state index contributed by atoms with van der Waals surface area (Å²) in [5.74, 6) is -0.0438. The van der Waals surface area contributed by atoms with Crippen LogP contribution in [0.25, 0.3) is 0 Å². The number of aromatic amines is 1. The summed E-state index contributed by atoms with van der Waals surface area (Å²) in [7, 11) is 0. The van der Waals surface area contributed by atoms with E-state index in [1.807, 2.05) is 0 Å². The van der Waals surface area contributed by atoms with Crippen LogP contribution in [-0.2, 0) is 16.0 Å². The van der Waals surface area contributed by atoms with Gasteiger partial charge in [-0.3, -0.25) is 9.59 Å². The van der Waals surface area contributed by atoms with Gasteiger partial charge in [0.05, 0.1) is 0 Å². The summed E-state index contributed by atoms with van der Waals surface area (Å²) >= 11 is 0. The lowest BCUT2D eigenvalue weighted by Crippen LogP contribution is -2.30. The molecule has 1 rings (SSSR count). The number of nitrogens with one attached hydrogen (secondary N) is 2. The third-order valence-corrected chi connectivity index (χ3v) is 5.77. The maximum Gasteiger partial charge on any atom is 0.320 e. The van der Waals surface area contributed by atoms with Crippen molar-refractivity contribution in [3.8, 4) is 0 Å². The molecule has 0 aliphatic rings. The number of unbranched alkanes of at least 4 members (excludes halogenated alkanes) is 13. The normalized spacial score (nSPS) is 12.0. The Kier molecular flexibility index (Phi) is 17.2. The molecule has 0 saturated carbocycles. The summed E-state index contributed by atoms with van der Waals surface area (Å²) in [5.41, 5.74) is 5.45. The van der Waals surface area contributed by atoms with Crippen LogP contribution in [0.3, 0.4) is 0 Å². The Balaban J connectivity index is 1.73. The SMILES string of the molecule is N[C@@H](CCCCNC(=O)CCCCCCCCCCCCCCCc1nn[nH]n1)C(=O)O. The fourth-order valence-electron chi connectivity index (χ4n) is 3.73. The fraction of sp³-hybridized carbons (Fsp3) is 0.870. The first-order chi connectivity index (χ1) is 15.6.